The van der Waals surface area contributed by atoms with E-state index in [1.807, 2.05) is 78.9 Å². The number of pyridine rings is 1. The van der Waals surface area contributed by atoms with Crippen molar-refractivity contribution in [1.82, 2.24) is 19.7 Å². The molecule has 19 heteroatoms. The summed E-state index contributed by atoms with van der Waals surface area (Å²) in [5, 5.41) is 39.4. The summed E-state index contributed by atoms with van der Waals surface area (Å²) in [4.78, 5) is 46.8. The van der Waals surface area contributed by atoms with E-state index in [4.69, 9.17) is 39.6 Å². The smallest absolute Gasteiger partial charge is 0.481 e. The van der Waals surface area contributed by atoms with Crippen LogP contribution >= 0.6 is 23.8 Å². The van der Waals surface area contributed by atoms with Crippen LogP contribution in [-0.2, 0) is 121 Å². The average Bonchev–Trinajstić information content (AvgIpc) is 0.827. The Hall–Kier alpha value is -6.82. The molecule has 0 amide bonds. The molecule has 0 aliphatic heterocycles. The van der Waals surface area contributed by atoms with Crippen LogP contribution in [0.3, 0.4) is 0 Å². The van der Waals surface area contributed by atoms with Gasteiger partial charge in [-0.15, -0.1) is 22.8 Å². The number of benzene rings is 10. The molecule has 0 radical (unpaired) electrons. The number of fused-ring (bicyclic) bond motifs is 1. The molecule has 122 heavy (non-hydrogen) atoms. The molecule has 11 aromatic rings. The molecule has 0 saturated heterocycles. The zero-order valence-electron chi connectivity index (χ0n) is 73.9. The zero-order valence-corrected chi connectivity index (χ0v) is 83.1. The predicted molar refractivity (Wildman–Crippen MR) is 510 cm³/mol. The maximum absolute atomic E-state index is 9.00. The third-order valence-corrected chi connectivity index (χ3v) is 29.2. The minimum absolute atomic E-state index is 0. The summed E-state index contributed by atoms with van der Waals surface area (Å²) in [6.45, 7) is 17.8. The van der Waals surface area contributed by atoms with Gasteiger partial charge >= 0.3 is 40.8 Å². The van der Waals surface area contributed by atoms with Gasteiger partial charge in [0.05, 0.1) is 32.8 Å². The van der Waals surface area contributed by atoms with Gasteiger partial charge in [0.25, 0.3) is 23.9 Å². The number of nitrogens with zero attached hydrogens (tertiary/aromatic N) is 4. The molecule has 1 aromatic heterocycles. The Morgan fingerprint density at radius 3 is 0.828 bits per heavy atom. The Kier molecular flexibility index (Phi) is 67.6. The van der Waals surface area contributed by atoms with Crippen LogP contribution < -0.4 is 31.8 Å². The topological polar surface area (TPSA) is 172 Å². The van der Waals surface area contributed by atoms with E-state index in [9.17, 15) is 0 Å². The Morgan fingerprint density at radius 2 is 0.607 bits per heavy atom. The summed E-state index contributed by atoms with van der Waals surface area (Å²) < 4.78 is 0. The zero-order chi connectivity index (χ0) is 85.4. The van der Waals surface area contributed by atoms with Crippen LogP contribution in [0.2, 0.25) is 0 Å². The number of hydrogen-bond donors (Lipinski definition) is 4. The number of carbonyl (C=O) groups is 4. The summed E-state index contributed by atoms with van der Waals surface area (Å²) in [6, 6.07) is 109. The van der Waals surface area contributed by atoms with Gasteiger partial charge < -0.3 is 42.6 Å². The van der Waals surface area contributed by atoms with Gasteiger partial charge in [-0.3, -0.25) is 24.1 Å². The van der Waals surface area contributed by atoms with Gasteiger partial charge in [-0.05, 0) is 217 Å². The Bertz CT molecular complexity index is 3910. The van der Waals surface area contributed by atoms with Gasteiger partial charge in [0.2, 0.25) is 0 Å². The van der Waals surface area contributed by atoms with Gasteiger partial charge in [0.15, 0.2) is 0 Å². The summed E-state index contributed by atoms with van der Waals surface area (Å²) in [5.41, 5.74) is 9.63. The Morgan fingerprint density at radius 1 is 0.369 bits per heavy atom. The van der Waals surface area contributed by atoms with Gasteiger partial charge in [-0.2, -0.15) is 110 Å². The molecular weight excluding hydrogens is 1940 g/mol. The van der Waals surface area contributed by atoms with E-state index in [1.165, 1.54) is 65.5 Å². The number of rotatable bonds is 15. The molecule has 0 atom stereocenters. The maximum atomic E-state index is 9.00. The first-order chi connectivity index (χ1) is 56.2. The molecule has 3 fully saturated rings. The molecule has 12 nitrogen and oxygen atoms in total. The number of aromatic nitrogens is 1. The molecule has 0 bridgehead atoms. The summed E-state index contributed by atoms with van der Waals surface area (Å²) in [5.74, 6) is -3.33. The first-order valence-corrected chi connectivity index (χ1v) is 45.7. The molecule has 668 valence electrons. The summed E-state index contributed by atoms with van der Waals surface area (Å²) in [7, 11) is 8.56. The van der Waals surface area contributed by atoms with Crippen molar-refractivity contribution >= 4 is 90.4 Å². The Labute approximate surface area is 792 Å². The summed E-state index contributed by atoms with van der Waals surface area (Å²) >= 11 is 0. The van der Waals surface area contributed by atoms with Crippen LogP contribution in [0.15, 0.2) is 291 Å². The van der Waals surface area contributed by atoms with Crippen molar-refractivity contribution in [3.8, 4) is 0 Å². The third-order valence-electron chi connectivity index (χ3n) is 19.2. The Balaban J connectivity index is 0. The van der Waals surface area contributed by atoms with Gasteiger partial charge in [0, 0.05) is 108 Å². The molecule has 10 aromatic carbocycles. The monoisotopic (exact) mass is 2070 g/mol. The fourth-order valence-corrected chi connectivity index (χ4v) is 24.2. The fourth-order valence-electron chi connectivity index (χ4n) is 13.9. The quantitative estimate of drug-likeness (QED) is 0.0436. The van der Waals surface area contributed by atoms with E-state index in [-0.39, 0.29) is 103 Å². The molecule has 4 N–H and O–H groups in total. The van der Waals surface area contributed by atoms with Crippen molar-refractivity contribution in [2.75, 3.05) is 35.2 Å². The van der Waals surface area contributed by atoms with Crippen LogP contribution in [0.5, 0.6) is 0 Å². The number of carboxylic acid groups (broad SMARTS) is 4. The van der Waals surface area contributed by atoms with Crippen LogP contribution in [0, 0.1) is 32.5 Å². The van der Waals surface area contributed by atoms with Crippen LogP contribution in [-0.4, -0.2) is 122 Å². The van der Waals surface area contributed by atoms with Crippen LogP contribution in [0.4, 0.5) is 0 Å². The molecule has 3 aliphatic carbocycles. The normalized spacial score (nSPS) is 12.5. The van der Waals surface area contributed by atoms with Gasteiger partial charge in [-0.1, -0.05) is 146 Å². The van der Waals surface area contributed by atoms with Crippen LogP contribution in [0.25, 0.3) is 10.9 Å². The second-order valence-corrected chi connectivity index (χ2v) is 39.1. The van der Waals surface area contributed by atoms with Crippen molar-refractivity contribution < 1.29 is 121 Å². The van der Waals surface area contributed by atoms with Gasteiger partial charge in [0.1, 0.15) is 31.8 Å². The van der Waals surface area contributed by atoms with Gasteiger partial charge in [-0.25, -0.2) is 0 Å². The van der Waals surface area contributed by atoms with E-state index < -0.39 is 39.7 Å². The van der Waals surface area contributed by atoms with E-state index in [2.05, 4.69) is 307 Å². The van der Waals surface area contributed by atoms with Crippen molar-refractivity contribution in [3.05, 3.63) is 346 Å². The molecule has 0 unspecified atom stereocenters. The maximum Gasteiger partial charge on any atom is 2.00 e. The standard InChI is InChI=1S/C18H33P.2C18H15P.C12H18N.C10H8N.2C9H12N.4C2H4O2.CH3.4Pd/c3*1-4-10-16(11-5-1)19(17-12-6-2-7-13-17)18-14-8-3-9-15-18;1-12(2,3)13(4)10-11-8-6-5-7-9-11;1-8-4-2-5-9-6-3-7-11-10(8)9;2*1-10(2)8-9-6-4-3-5-7-9;4*1-2(3)4;;;;;/h16-18H,1-15H2;2*1-15H;5-8H,10H2,1-4H3;2-7H,1H2;2*3-6H,8H2,1-2H3;4*1H3,(H,3,4);1H3;;;;/q;;;4*-1;;;;;-1;;;2*+2/p+3. The van der Waals surface area contributed by atoms with E-state index in [0.29, 0.717) is 0 Å². The number of para-hydroxylation sites is 1. The molecular formula is C103H135N4O8P3Pd4+2. The number of carboxylic acids is 4. The minimum Gasteiger partial charge on any atom is -0.481 e. The predicted octanol–water partition coefficient (Wildman–Crippen LogP) is 21.6. The molecule has 3 aliphatic rings. The van der Waals surface area contributed by atoms with Crippen molar-refractivity contribution in [1.29, 1.82) is 0 Å². The molecule has 14 rings (SSSR count). The van der Waals surface area contributed by atoms with E-state index in [1.54, 1.807) is 103 Å². The molecule has 0 spiro atoms. The average molecular weight is 2080 g/mol. The van der Waals surface area contributed by atoms with E-state index >= 15 is 0 Å². The number of hydrogen-bond acceptors (Lipinski definition) is 8. The van der Waals surface area contributed by atoms with E-state index in [0.717, 1.165) is 63.8 Å². The third kappa shape index (κ3) is 52.8. The SMILES string of the molecule is C1CCC([PH+](C2CCCCC2)C2CCCCC2)CC1.CC(=O)O.CC(=O)O.CC(=O)O.CC(=O)O.CN(C)Cc1[c-]cccc1.CN(C)Cc1[c-]cccc1.CN(Cc1[c-]cccc1)C(C)(C)C.[CH2-]c1cccc2cccnc12.[CH3-].[Pd+2].[Pd+2].[Pd].[Pd].c1ccc([PH+](c2ccccc2)c2ccccc2)cc1.c1ccc([PH+](c2ccccc2)c2ccccc2)cc1. The first-order valence-electron chi connectivity index (χ1n) is 41.0. The number of aliphatic carboxylic acids is 4. The second-order valence-electron chi connectivity index (χ2n) is 30.7. The summed E-state index contributed by atoms with van der Waals surface area (Å²) in [6.07, 6.45) is 25.6. The van der Waals surface area contributed by atoms with Crippen LogP contribution in [0.1, 0.15) is 167 Å². The second kappa shape index (κ2) is 70.4. The van der Waals surface area contributed by atoms with Crippen molar-refractivity contribution in [3.63, 3.8) is 0 Å². The van der Waals surface area contributed by atoms with Crippen molar-refractivity contribution in [2.45, 2.75) is 187 Å². The fraction of sp³-hybridized carbons (Fsp3) is 0.330. The molecule has 3 saturated carbocycles. The molecule has 1 heterocycles. The minimum atomic E-state index is -0.877. The first kappa shape index (κ1) is 117. The van der Waals surface area contributed by atoms with Crippen molar-refractivity contribution in [2.24, 2.45) is 0 Å². The largest absolute Gasteiger partial charge is 2.00 e.